The van der Waals surface area contributed by atoms with Crippen LogP contribution in [0.1, 0.15) is 6.42 Å². The quantitative estimate of drug-likeness (QED) is 0.627. The predicted octanol–water partition coefficient (Wildman–Crippen LogP) is 0.111. The molecule has 0 aliphatic heterocycles. The summed E-state index contributed by atoms with van der Waals surface area (Å²) in [4.78, 5) is 21.0. The van der Waals surface area contributed by atoms with Crippen LogP contribution in [0, 0.1) is 0 Å². The smallest absolute Gasteiger partial charge is 0.279 e. The number of carbonyl (C=O) groups is 2. The summed E-state index contributed by atoms with van der Waals surface area (Å²) in [6.07, 6.45) is 2.98. The van der Waals surface area contributed by atoms with Gasteiger partial charge in [-0.2, -0.15) is 11.8 Å². The lowest BCUT2D eigenvalue weighted by atomic mass is 10.2. The van der Waals surface area contributed by atoms with E-state index < -0.39 is 11.9 Å². The van der Waals surface area contributed by atoms with Crippen LogP contribution in [0.25, 0.3) is 0 Å². The number of hydrogen-bond donors (Lipinski definition) is 1. The largest absolute Gasteiger partial charge is 0.347 e. The van der Waals surface area contributed by atoms with E-state index in [1.165, 1.54) is 0 Å². The summed E-state index contributed by atoms with van der Waals surface area (Å²) in [7, 11) is 0. The highest BCUT2D eigenvalue weighted by Gasteiger charge is 2.15. The second-order valence-electron chi connectivity index (χ2n) is 2.05. The molecule has 0 rings (SSSR count). The van der Waals surface area contributed by atoms with Crippen LogP contribution in [0.3, 0.4) is 0 Å². The first-order valence-corrected chi connectivity index (χ1v) is 5.08. The first-order chi connectivity index (χ1) is 5.76. The van der Waals surface area contributed by atoms with Gasteiger partial charge in [0.2, 0.25) is 6.41 Å². The summed E-state index contributed by atoms with van der Waals surface area (Å²) in [5.74, 6) is 0.341. The Labute approximate surface area is 80.7 Å². The number of nitrogens with zero attached hydrogens (tertiary/aromatic N) is 1. The van der Waals surface area contributed by atoms with Crippen LogP contribution < -0.4 is 5.32 Å². The van der Waals surface area contributed by atoms with Crippen molar-refractivity contribution in [2.24, 2.45) is 4.36 Å². The van der Waals surface area contributed by atoms with Gasteiger partial charge >= 0.3 is 0 Å². The molecule has 0 aromatic carbocycles. The van der Waals surface area contributed by atoms with Gasteiger partial charge in [-0.15, -0.1) is 4.36 Å². The minimum absolute atomic E-state index is 0.453. The lowest BCUT2D eigenvalue weighted by molar-refractivity contribution is -0.122. The van der Waals surface area contributed by atoms with Crippen molar-refractivity contribution in [2.45, 2.75) is 12.5 Å². The average molecular weight is 206 g/mol. The average Bonchev–Trinajstić information content (AvgIpc) is 2.11. The van der Waals surface area contributed by atoms with Crippen molar-refractivity contribution >= 4 is 36.5 Å². The van der Waals surface area contributed by atoms with E-state index >= 15 is 0 Å². The highest BCUT2D eigenvalue weighted by Crippen LogP contribution is 2.01. The maximum Gasteiger partial charge on any atom is 0.279 e. The van der Waals surface area contributed by atoms with Crippen LogP contribution in [0.15, 0.2) is 4.36 Å². The van der Waals surface area contributed by atoms with Crippen molar-refractivity contribution in [1.82, 2.24) is 5.32 Å². The Bertz CT molecular complexity index is 175. The summed E-state index contributed by atoms with van der Waals surface area (Å²) in [6, 6.07) is -0.549. The zero-order valence-corrected chi connectivity index (χ0v) is 8.28. The number of hydrogen-bond acceptors (Lipinski definition) is 4. The van der Waals surface area contributed by atoms with E-state index in [0.717, 1.165) is 5.75 Å². The van der Waals surface area contributed by atoms with Gasteiger partial charge in [-0.3, -0.25) is 9.59 Å². The summed E-state index contributed by atoms with van der Waals surface area (Å²) in [5, 5.41) is 2.36. The van der Waals surface area contributed by atoms with E-state index in [1.54, 1.807) is 11.8 Å². The normalized spacial score (nSPS) is 11.8. The third-order valence-corrected chi connectivity index (χ3v) is 2.09. The minimum Gasteiger partial charge on any atom is -0.347 e. The zero-order valence-electron chi connectivity index (χ0n) is 6.65. The van der Waals surface area contributed by atoms with Crippen molar-refractivity contribution in [3.63, 3.8) is 0 Å². The molecule has 1 atom stereocenters. The first-order valence-electron chi connectivity index (χ1n) is 3.32. The van der Waals surface area contributed by atoms with Gasteiger partial charge in [0.05, 0.1) is 0 Å². The number of carbonyl (C=O) groups excluding carboxylic acids is 2. The summed E-state index contributed by atoms with van der Waals surface area (Å²) in [6.45, 7) is 0. The Hall–Kier alpha value is -0.490. The first kappa shape index (κ1) is 11.5. The summed E-state index contributed by atoms with van der Waals surface area (Å²) < 4.78 is 3.07. The second-order valence-corrected chi connectivity index (χ2v) is 3.22. The second kappa shape index (κ2) is 7.17. The summed E-state index contributed by atoms with van der Waals surface area (Å²) >= 11 is 5.83. The monoisotopic (exact) mass is 206 g/mol. The molecular formula is C6H10N2O2S2. The zero-order chi connectivity index (χ0) is 9.40. The Morgan fingerprint density at radius 3 is 2.92 bits per heavy atom. The fourth-order valence-electron chi connectivity index (χ4n) is 0.660. The van der Waals surface area contributed by atoms with Crippen molar-refractivity contribution in [1.29, 1.82) is 0 Å². The van der Waals surface area contributed by atoms with Crippen LogP contribution in [0.5, 0.6) is 0 Å². The SMILES string of the molecule is CSCC[C@H](NC=O)C(=O)N=S. The van der Waals surface area contributed by atoms with Gasteiger partial charge in [0.15, 0.2) is 0 Å². The number of thioether (sulfide) groups is 1. The van der Waals surface area contributed by atoms with Crippen LogP contribution in [0.4, 0.5) is 0 Å². The highest BCUT2D eigenvalue weighted by atomic mass is 32.2. The van der Waals surface area contributed by atoms with E-state index in [1.807, 2.05) is 6.26 Å². The Morgan fingerprint density at radius 2 is 2.50 bits per heavy atom. The molecule has 0 aromatic rings. The predicted molar refractivity (Wildman–Crippen MR) is 50.8 cm³/mol. The lowest BCUT2D eigenvalue weighted by Gasteiger charge is -2.09. The molecular weight excluding hydrogens is 196 g/mol. The van der Waals surface area contributed by atoms with E-state index in [0.29, 0.717) is 12.8 Å². The van der Waals surface area contributed by atoms with Gasteiger partial charge in [-0.25, -0.2) is 0 Å². The number of rotatable bonds is 6. The van der Waals surface area contributed by atoms with Crippen LogP contribution in [-0.2, 0) is 22.0 Å². The Kier molecular flexibility index (Phi) is 6.88. The molecule has 0 radical (unpaired) electrons. The van der Waals surface area contributed by atoms with Crippen LogP contribution in [-0.4, -0.2) is 30.4 Å². The Morgan fingerprint density at radius 1 is 1.83 bits per heavy atom. The molecule has 12 heavy (non-hydrogen) atoms. The molecule has 6 heteroatoms. The van der Waals surface area contributed by atoms with E-state index in [4.69, 9.17) is 0 Å². The fraction of sp³-hybridized carbons (Fsp3) is 0.667. The molecule has 0 saturated carbocycles. The van der Waals surface area contributed by atoms with Crippen molar-refractivity contribution in [3.05, 3.63) is 0 Å². The molecule has 0 unspecified atom stereocenters. The van der Waals surface area contributed by atoms with Gasteiger partial charge in [0.1, 0.15) is 6.04 Å². The van der Waals surface area contributed by atoms with Crippen LogP contribution >= 0.6 is 11.8 Å². The molecule has 0 fully saturated rings. The van der Waals surface area contributed by atoms with Crippen molar-refractivity contribution < 1.29 is 9.59 Å². The molecule has 0 saturated heterocycles. The number of nitrogens with one attached hydrogen (secondary N) is 1. The van der Waals surface area contributed by atoms with Gasteiger partial charge in [-0.1, -0.05) is 0 Å². The Balaban J connectivity index is 3.92. The molecule has 0 heterocycles. The highest BCUT2D eigenvalue weighted by molar-refractivity contribution is 7.98. The van der Waals surface area contributed by atoms with Gasteiger partial charge < -0.3 is 5.32 Å². The molecule has 0 aliphatic carbocycles. The van der Waals surface area contributed by atoms with E-state index in [2.05, 4.69) is 22.1 Å². The minimum atomic E-state index is -0.549. The van der Waals surface area contributed by atoms with Crippen molar-refractivity contribution in [2.75, 3.05) is 12.0 Å². The molecule has 0 aromatic heterocycles. The molecule has 1 N–H and O–H groups in total. The summed E-state index contributed by atoms with van der Waals surface area (Å²) in [5.41, 5.74) is 0. The van der Waals surface area contributed by atoms with E-state index in [9.17, 15) is 9.59 Å². The van der Waals surface area contributed by atoms with Crippen molar-refractivity contribution in [3.8, 4) is 0 Å². The topological polar surface area (TPSA) is 58.5 Å². The van der Waals surface area contributed by atoms with E-state index in [-0.39, 0.29) is 0 Å². The lowest BCUT2D eigenvalue weighted by Crippen LogP contribution is -2.35. The molecule has 0 aliphatic rings. The molecule has 0 spiro atoms. The third kappa shape index (κ3) is 4.40. The van der Waals surface area contributed by atoms with Gasteiger partial charge in [0.25, 0.3) is 5.91 Å². The third-order valence-electron chi connectivity index (χ3n) is 1.27. The molecule has 2 amide bonds. The van der Waals surface area contributed by atoms with Crippen LogP contribution in [0.2, 0.25) is 0 Å². The molecule has 4 nitrogen and oxygen atoms in total. The maximum atomic E-state index is 10.9. The molecule has 68 valence electrons. The van der Waals surface area contributed by atoms with Gasteiger partial charge in [-0.05, 0) is 18.4 Å². The standard InChI is InChI=1S/C6H10N2O2S2/c1-12-3-2-5(7-4-9)6(10)8-11/h4-5H,2-3H2,1H3,(H,7,9)/t5-/m0/s1. The maximum absolute atomic E-state index is 10.9. The number of amides is 2. The fourth-order valence-corrected chi connectivity index (χ4v) is 1.26. The molecule has 0 bridgehead atoms. The van der Waals surface area contributed by atoms with Gasteiger partial charge in [0, 0.05) is 12.4 Å².